The minimum Gasteiger partial charge on any atom is -0.350 e. The van der Waals surface area contributed by atoms with E-state index in [-0.39, 0.29) is 24.6 Å². The summed E-state index contributed by atoms with van der Waals surface area (Å²) in [6, 6.07) is 3.08. The van der Waals surface area contributed by atoms with Crippen LogP contribution in [-0.4, -0.2) is 72.5 Å². The van der Waals surface area contributed by atoms with Crippen molar-refractivity contribution in [1.82, 2.24) is 18.8 Å². The van der Waals surface area contributed by atoms with Crippen molar-refractivity contribution in [1.29, 1.82) is 0 Å². The van der Waals surface area contributed by atoms with Crippen molar-refractivity contribution in [3.05, 3.63) is 35.4 Å². The molecule has 0 saturated carbocycles. The predicted octanol–water partition coefficient (Wildman–Crippen LogP) is 1.87. The Balaban J connectivity index is 1.36. The number of carbonyl (C=O) groups is 2. The van der Waals surface area contributed by atoms with Crippen molar-refractivity contribution < 1.29 is 26.8 Å². The van der Waals surface area contributed by atoms with E-state index in [0.717, 1.165) is 12.5 Å². The molecule has 0 aromatic heterocycles. The third-order valence-electron chi connectivity index (χ3n) is 7.21. The quantitative estimate of drug-likeness (QED) is 0.622. The van der Waals surface area contributed by atoms with Gasteiger partial charge in [-0.25, -0.2) is 8.78 Å². The highest BCUT2D eigenvalue weighted by Crippen LogP contribution is 2.30. The fourth-order valence-electron chi connectivity index (χ4n) is 5.01. The van der Waals surface area contributed by atoms with Crippen molar-refractivity contribution >= 4 is 22.0 Å². The summed E-state index contributed by atoms with van der Waals surface area (Å²) in [6.07, 6.45) is 3.23. The molecule has 0 spiro atoms. The Morgan fingerprint density at radius 1 is 1.06 bits per heavy atom. The van der Waals surface area contributed by atoms with Crippen LogP contribution in [0.2, 0.25) is 0 Å². The first-order chi connectivity index (χ1) is 16.2. The average molecular weight is 499 g/mol. The van der Waals surface area contributed by atoms with Crippen LogP contribution in [0.1, 0.15) is 44.6 Å². The lowest BCUT2D eigenvalue weighted by molar-refractivity contribution is -0.142. The molecule has 2 amide bonds. The minimum absolute atomic E-state index is 0.0358. The van der Waals surface area contributed by atoms with Gasteiger partial charge in [0.25, 0.3) is 10.2 Å². The smallest absolute Gasteiger partial charge is 0.282 e. The molecule has 0 aliphatic carbocycles. The third-order valence-corrected chi connectivity index (χ3v) is 9.15. The highest BCUT2D eigenvalue weighted by atomic mass is 32.2. The first kappa shape index (κ1) is 25.0. The molecule has 1 aromatic rings. The monoisotopic (exact) mass is 498 g/mol. The van der Waals surface area contributed by atoms with Crippen LogP contribution in [0.5, 0.6) is 0 Å². The van der Waals surface area contributed by atoms with Gasteiger partial charge in [-0.1, -0.05) is 25.5 Å². The molecule has 0 unspecified atom stereocenters. The van der Waals surface area contributed by atoms with Crippen LogP contribution < -0.4 is 5.32 Å². The molecule has 34 heavy (non-hydrogen) atoms. The van der Waals surface area contributed by atoms with Crippen LogP contribution >= 0.6 is 0 Å². The number of halogens is 2. The van der Waals surface area contributed by atoms with Crippen molar-refractivity contribution in [2.45, 2.75) is 51.6 Å². The third kappa shape index (κ3) is 4.96. The number of rotatable bonds is 7. The van der Waals surface area contributed by atoms with Gasteiger partial charge in [0.15, 0.2) is 11.6 Å². The zero-order valence-electron chi connectivity index (χ0n) is 19.4. The van der Waals surface area contributed by atoms with E-state index >= 15 is 0 Å². The van der Waals surface area contributed by atoms with Crippen LogP contribution in [0.3, 0.4) is 0 Å². The van der Waals surface area contributed by atoms with Gasteiger partial charge in [-0.05, 0) is 37.7 Å². The summed E-state index contributed by atoms with van der Waals surface area (Å²) in [5, 5.41) is 2.62. The van der Waals surface area contributed by atoms with Gasteiger partial charge in [-0.15, -0.1) is 0 Å². The second-order valence-electron chi connectivity index (χ2n) is 9.42. The van der Waals surface area contributed by atoms with Crippen LogP contribution in [0.15, 0.2) is 18.2 Å². The number of hydrogen-bond acceptors (Lipinski definition) is 4. The van der Waals surface area contributed by atoms with E-state index < -0.39 is 39.7 Å². The second kappa shape index (κ2) is 10.2. The second-order valence-corrected chi connectivity index (χ2v) is 11.3. The summed E-state index contributed by atoms with van der Waals surface area (Å²) >= 11 is 0. The molecule has 1 aromatic carbocycles. The molecule has 3 aliphatic heterocycles. The van der Waals surface area contributed by atoms with E-state index in [9.17, 15) is 26.8 Å². The summed E-state index contributed by atoms with van der Waals surface area (Å²) in [5.41, 5.74) is 0.0358. The molecule has 4 rings (SSSR count). The maximum absolute atomic E-state index is 13.9. The van der Waals surface area contributed by atoms with E-state index in [1.807, 2.05) is 6.92 Å². The molecular formula is C23H32F2N4O4S. The fourth-order valence-corrected chi connectivity index (χ4v) is 6.86. The van der Waals surface area contributed by atoms with E-state index in [1.54, 1.807) is 0 Å². The van der Waals surface area contributed by atoms with Crippen LogP contribution in [0.4, 0.5) is 8.78 Å². The summed E-state index contributed by atoms with van der Waals surface area (Å²) in [6.45, 7) is 3.84. The topological polar surface area (TPSA) is 90.0 Å². The lowest BCUT2D eigenvalue weighted by Gasteiger charge is -2.42. The molecule has 0 radical (unpaired) electrons. The van der Waals surface area contributed by atoms with Gasteiger partial charge in [0.1, 0.15) is 6.04 Å². The van der Waals surface area contributed by atoms with Gasteiger partial charge in [0, 0.05) is 44.8 Å². The number of likely N-dealkylation sites (tertiary alicyclic amines) is 1. The molecule has 2 atom stereocenters. The molecule has 11 heteroatoms. The molecule has 3 heterocycles. The molecule has 188 valence electrons. The largest absolute Gasteiger partial charge is 0.350 e. The van der Waals surface area contributed by atoms with E-state index in [2.05, 4.69) is 5.32 Å². The number of benzene rings is 1. The standard InChI is InChI=1S/C23H32F2N4O4S/c1-2-16-13-28(14-16)34(32,33)27-10-4-7-18(15-27)23(31)29-11-5-9-20(29)22(30)26-12-17-6-3-8-19(24)21(17)25/h3,6,8,16,18,20H,2,4-5,7,9-15H2,1H3,(H,26,30)/t18-,20+/m0/s1. The van der Waals surface area contributed by atoms with E-state index in [4.69, 9.17) is 0 Å². The molecule has 3 aliphatic rings. The highest BCUT2D eigenvalue weighted by Gasteiger charge is 2.43. The van der Waals surface area contributed by atoms with E-state index in [1.165, 1.54) is 25.6 Å². The van der Waals surface area contributed by atoms with Gasteiger partial charge in [0.05, 0.1) is 5.92 Å². The van der Waals surface area contributed by atoms with Gasteiger partial charge in [-0.2, -0.15) is 17.0 Å². The van der Waals surface area contributed by atoms with Crippen LogP contribution in [-0.2, 0) is 26.3 Å². The Bertz CT molecular complexity index is 1030. The Morgan fingerprint density at radius 2 is 1.79 bits per heavy atom. The number of amides is 2. The molecular weight excluding hydrogens is 466 g/mol. The first-order valence-corrected chi connectivity index (χ1v) is 13.4. The zero-order chi connectivity index (χ0) is 24.5. The Morgan fingerprint density at radius 3 is 2.53 bits per heavy atom. The average Bonchev–Trinajstić information content (AvgIpc) is 3.28. The Hall–Kier alpha value is -2.11. The Kier molecular flexibility index (Phi) is 7.54. The number of piperidine rings is 1. The van der Waals surface area contributed by atoms with Crippen molar-refractivity contribution in [2.24, 2.45) is 11.8 Å². The summed E-state index contributed by atoms with van der Waals surface area (Å²) in [4.78, 5) is 27.6. The van der Waals surface area contributed by atoms with Crippen LogP contribution in [0, 0.1) is 23.5 Å². The first-order valence-electron chi connectivity index (χ1n) is 12.0. The lowest BCUT2D eigenvalue weighted by atomic mass is 9.97. The summed E-state index contributed by atoms with van der Waals surface area (Å²) < 4.78 is 56.1. The fraction of sp³-hybridized carbons (Fsp3) is 0.652. The summed E-state index contributed by atoms with van der Waals surface area (Å²) in [5.74, 6) is -2.73. The zero-order valence-corrected chi connectivity index (χ0v) is 20.2. The Labute approximate surface area is 199 Å². The van der Waals surface area contributed by atoms with Gasteiger partial charge < -0.3 is 10.2 Å². The molecule has 3 saturated heterocycles. The molecule has 8 nitrogen and oxygen atoms in total. The van der Waals surface area contributed by atoms with Gasteiger partial charge in [-0.3, -0.25) is 9.59 Å². The molecule has 1 N–H and O–H groups in total. The number of nitrogens with one attached hydrogen (secondary N) is 1. The van der Waals surface area contributed by atoms with Gasteiger partial charge >= 0.3 is 0 Å². The van der Waals surface area contributed by atoms with Crippen molar-refractivity contribution in [2.75, 3.05) is 32.7 Å². The van der Waals surface area contributed by atoms with Crippen molar-refractivity contribution in [3.63, 3.8) is 0 Å². The minimum atomic E-state index is -3.58. The predicted molar refractivity (Wildman–Crippen MR) is 122 cm³/mol. The molecule has 3 fully saturated rings. The SMILES string of the molecule is CCC1CN(S(=O)(=O)N2CCC[C@H](C(=O)N3CCC[C@@H]3C(=O)NCc3cccc(F)c3F)C2)C1. The van der Waals surface area contributed by atoms with Crippen LogP contribution in [0.25, 0.3) is 0 Å². The van der Waals surface area contributed by atoms with Crippen molar-refractivity contribution in [3.8, 4) is 0 Å². The number of carbonyl (C=O) groups excluding carboxylic acids is 2. The maximum Gasteiger partial charge on any atom is 0.282 e. The normalized spacial score (nSPS) is 24.7. The van der Waals surface area contributed by atoms with E-state index in [0.29, 0.717) is 57.8 Å². The highest BCUT2D eigenvalue weighted by molar-refractivity contribution is 7.86. The summed E-state index contributed by atoms with van der Waals surface area (Å²) in [7, 11) is -3.58. The number of hydrogen-bond donors (Lipinski definition) is 1. The maximum atomic E-state index is 13.9. The van der Waals surface area contributed by atoms with Gasteiger partial charge in [0.2, 0.25) is 11.8 Å². The number of nitrogens with zero attached hydrogens (tertiary/aromatic N) is 3. The molecule has 0 bridgehead atoms. The lowest BCUT2D eigenvalue weighted by Crippen LogP contribution is -2.57.